The molecule has 0 saturated carbocycles. The van der Waals surface area contributed by atoms with E-state index in [-0.39, 0.29) is 11.9 Å². The molecule has 0 radical (unpaired) electrons. The first-order valence-corrected chi connectivity index (χ1v) is 8.81. The highest BCUT2D eigenvalue weighted by Gasteiger charge is 2.13. The quantitative estimate of drug-likeness (QED) is 0.770. The number of carbonyl (C=O) groups excluding carboxylic acids is 1. The molecule has 0 aliphatic carbocycles. The van der Waals surface area contributed by atoms with Gasteiger partial charge in [0.05, 0.1) is 11.6 Å². The maximum atomic E-state index is 12.4. The lowest BCUT2D eigenvalue weighted by Gasteiger charge is -2.16. The maximum Gasteiger partial charge on any atom is 0.252 e. The molecule has 0 aromatic heterocycles. The zero-order chi connectivity index (χ0) is 16.7. The highest BCUT2D eigenvalue weighted by Crippen LogP contribution is 2.22. The highest BCUT2D eigenvalue weighted by molar-refractivity contribution is 7.99. The molecule has 0 saturated heterocycles. The molecule has 23 heavy (non-hydrogen) atoms. The molecule has 2 aromatic rings. The van der Waals surface area contributed by atoms with E-state index in [0.717, 1.165) is 22.0 Å². The number of amides is 1. The van der Waals surface area contributed by atoms with E-state index in [4.69, 9.17) is 4.74 Å². The molecule has 2 rings (SSSR count). The molecule has 0 aliphatic heterocycles. The number of ether oxygens (including phenoxy) is 1. The minimum Gasteiger partial charge on any atom is -0.491 e. The van der Waals surface area contributed by atoms with Crippen LogP contribution in [0.2, 0.25) is 0 Å². The molecule has 1 atom stereocenters. The van der Waals surface area contributed by atoms with Gasteiger partial charge in [0.2, 0.25) is 0 Å². The monoisotopic (exact) mass is 329 g/mol. The molecule has 1 unspecified atom stereocenters. The van der Waals surface area contributed by atoms with Crippen molar-refractivity contribution >= 4 is 17.7 Å². The number of benzene rings is 2. The molecule has 1 N–H and O–H groups in total. The highest BCUT2D eigenvalue weighted by atomic mass is 32.2. The van der Waals surface area contributed by atoms with Gasteiger partial charge in [-0.2, -0.15) is 0 Å². The Labute approximate surface area is 142 Å². The largest absolute Gasteiger partial charge is 0.491 e. The zero-order valence-corrected chi connectivity index (χ0v) is 14.7. The maximum absolute atomic E-state index is 12.4. The molecular formula is C19H23NO2S. The Balaban J connectivity index is 1.90. The van der Waals surface area contributed by atoms with Gasteiger partial charge < -0.3 is 10.1 Å². The van der Waals surface area contributed by atoms with Crippen molar-refractivity contribution in [3.8, 4) is 5.75 Å². The third kappa shape index (κ3) is 5.32. The van der Waals surface area contributed by atoms with Gasteiger partial charge in [0.15, 0.2) is 0 Å². The van der Waals surface area contributed by atoms with Crippen LogP contribution in [0.1, 0.15) is 29.8 Å². The van der Waals surface area contributed by atoms with E-state index in [2.05, 4.69) is 12.2 Å². The van der Waals surface area contributed by atoms with Crippen LogP contribution in [0.4, 0.5) is 0 Å². The van der Waals surface area contributed by atoms with Crippen LogP contribution < -0.4 is 10.1 Å². The van der Waals surface area contributed by atoms with Crippen LogP contribution >= 0.6 is 11.8 Å². The Morgan fingerprint density at radius 1 is 1.17 bits per heavy atom. The molecule has 3 nitrogen and oxygen atoms in total. The van der Waals surface area contributed by atoms with Crippen LogP contribution in [0, 0.1) is 6.92 Å². The van der Waals surface area contributed by atoms with Crippen molar-refractivity contribution < 1.29 is 9.53 Å². The van der Waals surface area contributed by atoms with Gasteiger partial charge in [-0.3, -0.25) is 4.79 Å². The predicted molar refractivity (Wildman–Crippen MR) is 96.4 cm³/mol. The van der Waals surface area contributed by atoms with Crippen molar-refractivity contribution in [2.24, 2.45) is 0 Å². The summed E-state index contributed by atoms with van der Waals surface area (Å²) in [6.45, 7) is 6.51. The van der Waals surface area contributed by atoms with Crippen LogP contribution in [-0.2, 0) is 0 Å². The van der Waals surface area contributed by atoms with Gasteiger partial charge in [0.1, 0.15) is 12.4 Å². The van der Waals surface area contributed by atoms with Crippen molar-refractivity contribution in [1.29, 1.82) is 0 Å². The summed E-state index contributed by atoms with van der Waals surface area (Å²) in [6.07, 6.45) is 0. The minimum absolute atomic E-state index is 0.0541. The SMILES string of the molecule is CCSc1ccccc1C(=O)NC(C)COc1ccc(C)cc1. The van der Waals surface area contributed by atoms with E-state index in [1.165, 1.54) is 5.56 Å². The van der Waals surface area contributed by atoms with Crippen LogP contribution in [0.25, 0.3) is 0 Å². The summed E-state index contributed by atoms with van der Waals surface area (Å²) < 4.78 is 5.72. The van der Waals surface area contributed by atoms with E-state index in [1.807, 2.05) is 62.4 Å². The lowest BCUT2D eigenvalue weighted by atomic mass is 10.2. The van der Waals surface area contributed by atoms with Gasteiger partial charge in [-0.25, -0.2) is 0 Å². The molecular weight excluding hydrogens is 306 g/mol. The summed E-state index contributed by atoms with van der Waals surface area (Å²) >= 11 is 1.68. The number of thioether (sulfide) groups is 1. The smallest absolute Gasteiger partial charge is 0.252 e. The third-order valence-corrected chi connectivity index (χ3v) is 4.29. The summed E-state index contributed by atoms with van der Waals surface area (Å²) in [7, 11) is 0. The van der Waals surface area contributed by atoms with E-state index < -0.39 is 0 Å². The third-order valence-electron chi connectivity index (χ3n) is 3.33. The standard InChI is InChI=1S/C19H23NO2S/c1-4-23-18-8-6-5-7-17(18)19(21)20-15(3)13-22-16-11-9-14(2)10-12-16/h5-12,15H,4,13H2,1-3H3,(H,20,21). The molecule has 0 bridgehead atoms. The molecule has 0 spiro atoms. The number of hydrogen-bond acceptors (Lipinski definition) is 3. The molecule has 0 heterocycles. The normalized spacial score (nSPS) is 11.8. The lowest BCUT2D eigenvalue weighted by molar-refractivity contribution is 0.0923. The second-order valence-corrected chi connectivity index (χ2v) is 6.73. The fourth-order valence-electron chi connectivity index (χ4n) is 2.13. The van der Waals surface area contributed by atoms with Crippen molar-refractivity contribution in [3.05, 3.63) is 59.7 Å². The number of aryl methyl sites for hydroxylation is 1. The van der Waals surface area contributed by atoms with E-state index in [9.17, 15) is 4.79 Å². The summed E-state index contributed by atoms with van der Waals surface area (Å²) in [4.78, 5) is 13.4. The van der Waals surface area contributed by atoms with E-state index in [1.54, 1.807) is 11.8 Å². The van der Waals surface area contributed by atoms with E-state index >= 15 is 0 Å². The average molecular weight is 329 g/mol. The van der Waals surface area contributed by atoms with Gasteiger partial charge in [0, 0.05) is 4.90 Å². The second-order valence-electron chi connectivity index (χ2n) is 5.43. The van der Waals surface area contributed by atoms with E-state index in [0.29, 0.717) is 6.61 Å². The van der Waals surface area contributed by atoms with Crippen molar-refractivity contribution in [2.45, 2.75) is 31.7 Å². The molecule has 0 aliphatic rings. The van der Waals surface area contributed by atoms with Crippen LogP contribution in [0.15, 0.2) is 53.4 Å². The van der Waals surface area contributed by atoms with Crippen molar-refractivity contribution in [3.63, 3.8) is 0 Å². The topological polar surface area (TPSA) is 38.3 Å². The molecule has 122 valence electrons. The molecule has 0 fully saturated rings. The predicted octanol–water partition coefficient (Wildman–Crippen LogP) is 4.30. The first-order chi connectivity index (χ1) is 11.1. The Bertz CT molecular complexity index is 640. The van der Waals surface area contributed by atoms with Gasteiger partial charge in [-0.15, -0.1) is 11.8 Å². The van der Waals surface area contributed by atoms with Gasteiger partial charge in [-0.1, -0.05) is 36.8 Å². The van der Waals surface area contributed by atoms with Crippen LogP contribution in [-0.4, -0.2) is 24.3 Å². The number of carbonyl (C=O) groups is 1. The molecule has 2 aromatic carbocycles. The van der Waals surface area contributed by atoms with Crippen LogP contribution in [0.5, 0.6) is 5.75 Å². The summed E-state index contributed by atoms with van der Waals surface area (Å²) in [5, 5.41) is 3.00. The molecule has 1 amide bonds. The summed E-state index contributed by atoms with van der Waals surface area (Å²) in [5.74, 6) is 1.70. The summed E-state index contributed by atoms with van der Waals surface area (Å²) in [6, 6.07) is 15.5. The van der Waals surface area contributed by atoms with Crippen molar-refractivity contribution in [1.82, 2.24) is 5.32 Å². The average Bonchev–Trinajstić information content (AvgIpc) is 2.55. The van der Waals surface area contributed by atoms with Crippen molar-refractivity contribution in [2.75, 3.05) is 12.4 Å². The lowest BCUT2D eigenvalue weighted by Crippen LogP contribution is -2.37. The Morgan fingerprint density at radius 2 is 1.87 bits per heavy atom. The first-order valence-electron chi connectivity index (χ1n) is 7.82. The van der Waals surface area contributed by atoms with Crippen LogP contribution in [0.3, 0.4) is 0 Å². The second kappa shape index (κ2) is 8.63. The van der Waals surface area contributed by atoms with Gasteiger partial charge >= 0.3 is 0 Å². The Hall–Kier alpha value is -1.94. The van der Waals surface area contributed by atoms with Gasteiger partial charge in [-0.05, 0) is 43.9 Å². The number of nitrogens with one attached hydrogen (secondary N) is 1. The fraction of sp³-hybridized carbons (Fsp3) is 0.316. The Kier molecular flexibility index (Phi) is 6.53. The zero-order valence-electron chi connectivity index (χ0n) is 13.8. The number of hydrogen-bond donors (Lipinski definition) is 1. The summed E-state index contributed by atoms with van der Waals surface area (Å²) in [5.41, 5.74) is 1.92. The minimum atomic E-state index is -0.0662. The van der Waals surface area contributed by atoms with Gasteiger partial charge in [0.25, 0.3) is 5.91 Å². The number of rotatable bonds is 7. The molecule has 4 heteroatoms. The fourth-order valence-corrected chi connectivity index (χ4v) is 2.94. The Morgan fingerprint density at radius 3 is 2.57 bits per heavy atom. The first kappa shape index (κ1) is 17.4.